The van der Waals surface area contributed by atoms with Crippen LogP contribution in [0.4, 0.5) is 0 Å². The SMILES string of the molecule is CC(=O)OC(CC(=O)OCCCCCCCCCCCCC(C)C)(CC(=O)OCCCCCCCCCCCCC(C)C)C(=O)OCCCCCCCCCCCCC(C)C. The number of hydrogen-bond donors (Lipinski definition) is 0. The molecule has 8 heteroatoms. The van der Waals surface area contributed by atoms with Crippen LogP contribution in [-0.2, 0) is 38.1 Å². The maximum atomic E-state index is 13.7. The van der Waals surface area contributed by atoms with Gasteiger partial charge in [0.1, 0.15) is 0 Å². The minimum Gasteiger partial charge on any atom is -0.466 e. The molecule has 0 aliphatic rings. The number of rotatable bonds is 45. The Hall–Kier alpha value is -2.12. The normalized spacial score (nSPS) is 11.8. The summed E-state index contributed by atoms with van der Waals surface area (Å²) in [6.07, 6.45) is 37.6. The first-order valence-corrected chi connectivity index (χ1v) is 26.1. The van der Waals surface area contributed by atoms with E-state index in [1.807, 2.05) is 0 Å². The minimum absolute atomic E-state index is 0.123. The summed E-state index contributed by atoms with van der Waals surface area (Å²) in [7, 11) is 0. The van der Waals surface area contributed by atoms with Gasteiger partial charge in [0.25, 0.3) is 0 Å². The Labute approximate surface area is 377 Å². The van der Waals surface area contributed by atoms with Crippen molar-refractivity contribution in [2.45, 2.75) is 279 Å². The molecule has 0 amide bonds. The van der Waals surface area contributed by atoms with E-state index in [1.165, 1.54) is 155 Å². The van der Waals surface area contributed by atoms with Gasteiger partial charge >= 0.3 is 23.9 Å². The molecule has 0 aliphatic heterocycles. The van der Waals surface area contributed by atoms with E-state index in [2.05, 4.69) is 41.5 Å². The molecular formula is C53H100O8. The molecule has 0 aromatic heterocycles. The number of esters is 4. The van der Waals surface area contributed by atoms with Crippen LogP contribution in [0.2, 0.25) is 0 Å². The van der Waals surface area contributed by atoms with E-state index >= 15 is 0 Å². The molecule has 61 heavy (non-hydrogen) atoms. The third-order valence-electron chi connectivity index (χ3n) is 11.9. The Morgan fingerprint density at radius 2 is 0.574 bits per heavy atom. The molecule has 0 radical (unpaired) electrons. The van der Waals surface area contributed by atoms with Crippen LogP contribution in [0.1, 0.15) is 273 Å². The van der Waals surface area contributed by atoms with Crippen LogP contribution in [0.15, 0.2) is 0 Å². The molecule has 0 atom stereocenters. The van der Waals surface area contributed by atoms with Crippen molar-refractivity contribution in [3.63, 3.8) is 0 Å². The van der Waals surface area contributed by atoms with Crippen LogP contribution in [0.3, 0.4) is 0 Å². The van der Waals surface area contributed by atoms with E-state index in [0.29, 0.717) is 19.3 Å². The molecule has 0 saturated carbocycles. The van der Waals surface area contributed by atoms with Crippen molar-refractivity contribution in [2.24, 2.45) is 17.8 Å². The van der Waals surface area contributed by atoms with Crippen molar-refractivity contribution in [2.75, 3.05) is 19.8 Å². The predicted octanol–water partition coefficient (Wildman–Crippen LogP) is 15.5. The van der Waals surface area contributed by atoms with Crippen molar-refractivity contribution in [1.29, 1.82) is 0 Å². The monoisotopic (exact) mass is 865 g/mol. The Bertz CT molecular complexity index is 989. The van der Waals surface area contributed by atoms with Crippen LogP contribution in [0.5, 0.6) is 0 Å². The molecule has 0 heterocycles. The first-order valence-electron chi connectivity index (χ1n) is 26.1. The van der Waals surface area contributed by atoms with Crippen LogP contribution in [0.25, 0.3) is 0 Å². The van der Waals surface area contributed by atoms with Gasteiger partial charge in [-0.25, -0.2) is 4.79 Å². The standard InChI is InChI=1S/C53H100O8/c1-46(2)38-32-26-20-14-8-11-17-23-29-35-41-58-50(55)44-53(61-49(7)54,52(57)60-43-37-31-25-19-13-10-16-22-28-34-40-48(5)6)45-51(56)59-42-36-30-24-18-12-9-15-21-27-33-39-47(3)4/h46-48H,8-45H2,1-7H3. The van der Waals surface area contributed by atoms with Gasteiger partial charge in [0.05, 0.1) is 32.7 Å². The van der Waals surface area contributed by atoms with E-state index in [0.717, 1.165) is 62.7 Å². The van der Waals surface area contributed by atoms with Crippen molar-refractivity contribution < 1.29 is 38.1 Å². The van der Waals surface area contributed by atoms with E-state index < -0.39 is 42.3 Å². The summed E-state index contributed by atoms with van der Waals surface area (Å²) in [4.78, 5) is 52.4. The van der Waals surface area contributed by atoms with Crippen LogP contribution >= 0.6 is 0 Å². The smallest absolute Gasteiger partial charge is 0.351 e. The van der Waals surface area contributed by atoms with Crippen LogP contribution in [-0.4, -0.2) is 49.3 Å². The Balaban J connectivity index is 4.86. The summed E-state index contributed by atoms with van der Waals surface area (Å²) in [5.41, 5.74) is -2.13. The third-order valence-corrected chi connectivity index (χ3v) is 11.9. The van der Waals surface area contributed by atoms with Gasteiger partial charge in [-0.05, 0) is 37.0 Å². The highest BCUT2D eigenvalue weighted by Crippen LogP contribution is 2.26. The average Bonchev–Trinajstić information content (AvgIpc) is 3.19. The highest BCUT2D eigenvalue weighted by atomic mass is 16.6. The van der Waals surface area contributed by atoms with Crippen molar-refractivity contribution in [3.05, 3.63) is 0 Å². The van der Waals surface area contributed by atoms with Gasteiger partial charge in [0, 0.05) is 6.92 Å². The van der Waals surface area contributed by atoms with Gasteiger partial charge in [-0.2, -0.15) is 0 Å². The molecule has 0 spiro atoms. The Kier molecular flexibility index (Phi) is 40.4. The zero-order chi connectivity index (χ0) is 45.2. The second kappa shape index (κ2) is 41.9. The Morgan fingerprint density at radius 1 is 0.344 bits per heavy atom. The molecule has 8 nitrogen and oxygen atoms in total. The topological polar surface area (TPSA) is 105 Å². The minimum atomic E-state index is -2.13. The number of hydrogen-bond acceptors (Lipinski definition) is 8. The fourth-order valence-electron chi connectivity index (χ4n) is 8.04. The fourth-order valence-corrected chi connectivity index (χ4v) is 8.04. The van der Waals surface area contributed by atoms with Crippen molar-refractivity contribution in [3.8, 4) is 0 Å². The molecule has 0 aromatic carbocycles. The lowest BCUT2D eigenvalue weighted by Crippen LogP contribution is -2.48. The number of carbonyl (C=O) groups is 4. The molecule has 0 bridgehead atoms. The lowest BCUT2D eigenvalue weighted by molar-refractivity contribution is -0.190. The highest BCUT2D eigenvalue weighted by molar-refractivity contribution is 5.92. The lowest BCUT2D eigenvalue weighted by Gasteiger charge is -2.29. The summed E-state index contributed by atoms with van der Waals surface area (Å²) in [5, 5.41) is 0. The molecule has 0 aromatic rings. The van der Waals surface area contributed by atoms with Crippen LogP contribution < -0.4 is 0 Å². The zero-order valence-corrected chi connectivity index (χ0v) is 41.4. The molecular weight excluding hydrogens is 765 g/mol. The molecule has 0 fully saturated rings. The maximum Gasteiger partial charge on any atom is 0.351 e. The second-order valence-electron chi connectivity index (χ2n) is 19.7. The largest absolute Gasteiger partial charge is 0.466 e. The predicted molar refractivity (Wildman–Crippen MR) is 253 cm³/mol. The van der Waals surface area contributed by atoms with Crippen molar-refractivity contribution in [1.82, 2.24) is 0 Å². The van der Waals surface area contributed by atoms with Gasteiger partial charge in [-0.15, -0.1) is 0 Å². The number of carbonyl (C=O) groups excluding carboxylic acids is 4. The van der Waals surface area contributed by atoms with Gasteiger partial charge < -0.3 is 18.9 Å². The first-order chi connectivity index (χ1) is 29.4. The van der Waals surface area contributed by atoms with Gasteiger partial charge in [0.15, 0.2) is 0 Å². The van der Waals surface area contributed by atoms with E-state index in [4.69, 9.17) is 18.9 Å². The quantitative estimate of drug-likeness (QED) is 0.0339. The summed E-state index contributed by atoms with van der Waals surface area (Å²) in [6, 6.07) is 0. The van der Waals surface area contributed by atoms with Gasteiger partial charge in [0.2, 0.25) is 5.60 Å². The Morgan fingerprint density at radius 3 is 0.820 bits per heavy atom. The molecule has 0 rings (SSSR count). The molecule has 0 N–H and O–H groups in total. The van der Waals surface area contributed by atoms with E-state index in [-0.39, 0.29) is 19.8 Å². The number of ether oxygens (including phenoxy) is 4. The summed E-state index contributed by atoms with van der Waals surface area (Å²) in [6.45, 7) is 15.4. The van der Waals surface area contributed by atoms with E-state index in [9.17, 15) is 19.2 Å². The summed E-state index contributed by atoms with van der Waals surface area (Å²) >= 11 is 0. The van der Waals surface area contributed by atoms with Crippen molar-refractivity contribution >= 4 is 23.9 Å². The van der Waals surface area contributed by atoms with Crippen LogP contribution in [0, 0.1) is 17.8 Å². The molecule has 0 saturated heterocycles. The highest BCUT2D eigenvalue weighted by Gasteiger charge is 2.48. The third kappa shape index (κ3) is 40.4. The zero-order valence-electron chi connectivity index (χ0n) is 41.4. The number of unbranched alkanes of at least 4 members (excludes halogenated alkanes) is 27. The second-order valence-corrected chi connectivity index (χ2v) is 19.7. The lowest BCUT2D eigenvalue weighted by atomic mass is 9.95. The molecule has 0 unspecified atom stereocenters. The molecule has 360 valence electrons. The summed E-state index contributed by atoms with van der Waals surface area (Å²) < 4.78 is 22.2. The summed E-state index contributed by atoms with van der Waals surface area (Å²) in [5.74, 6) is -0.683. The van der Waals surface area contributed by atoms with Gasteiger partial charge in [-0.3, -0.25) is 14.4 Å². The average molecular weight is 865 g/mol. The fraction of sp³-hybridized carbons (Fsp3) is 0.925. The molecule has 0 aliphatic carbocycles. The first kappa shape index (κ1) is 58.9. The van der Waals surface area contributed by atoms with E-state index in [1.54, 1.807) is 0 Å². The van der Waals surface area contributed by atoms with Gasteiger partial charge in [-0.1, -0.05) is 234 Å². The maximum absolute atomic E-state index is 13.7.